The van der Waals surface area contributed by atoms with Gasteiger partial charge in [0.2, 0.25) is 0 Å². The fourth-order valence-electron chi connectivity index (χ4n) is 3.75. The molecule has 16 heavy (non-hydrogen) atoms. The van der Waals surface area contributed by atoms with Crippen LogP contribution in [0.15, 0.2) is 24.3 Å². The second-order valence-electron chi connectivity index (χ2n) is 5.67. The van der Waals surface area contributed by atoms with Crippen LogP contribution in [0.1, 0.15) is 37.7 Å². The van der Waals surface area contributed by atoms with E-state index >= 15 is 0 Å². The van der Waals surface area contributed by atoms with Crippen molar-refractivity contribution in [3.63, 3.8) is 0 Å². The lowest BCUT2D eigenvalue weighted by atomic mass is 9.44. The Labute approximate surface area is 102 Å². The van der Waals surface area contributed by atoms with Crippen molar-refractivity contribution in [1.82, 2.24) is 0 Å². The Morgan fingerprint density at radius 3 is 2.38 bits per heavy atom. The third-order valence-electron chi connectivity index (χ3n) is 4.68. The average molecular weight is 236 g/mol. The first-order chi connectivity index (χ1) is 7.70. The van der Waals surface area contributed by atoms with E-state index in [1.54, 1.807) is 0 Å². The lowest BCUT2D eigenvalue weighted by molar-refractivity contribution is -0.0446. The highest BCUT2D eigenvalue weighted by atomic mass is 35.5. The van der Waals surface area contributed by atoms with Gasteiger partial charge in [0.15, 0.2) is 0 Å². The van der Waals surface area contributed by atoms with Crippen LogP contribution in [0.5, 0.6) is 0 Å². The van der Waals surface area contributed by atoms with Crippen LogP contribution in [0.2, 0.25) is 5.02 Å². The van der Waals surface area contributed by atoms with Crippen molar-refractivity contribution in [1.29, 1.82) is 0 Å². The van der Waals surface area contributed by atoms with Crippen LogP contribution in [0.25, 0.3) is 0 Å². The van der Waals surface area contributed by atoms with Crippen molar-refractivity contribution >= 4 is 11.6 Å². The molecular formula is C14H18ClN. The minimum absolute atomic E-state index is 0.179. The Balaban J connectivity index is 1.90. The minimum atomic E-state index is 0.179. The van der Waals surface area contributed by atoms with Crippen molar-refractivity contribution in [2.45, 2.75) is 37.5 Å². The summed E-state index contributed by atoms with van der Waals surface area (Å²) in [7, 11) is 0. The van der Waals surface area contributed by atoms with Gasteiger partial charge in [-0.15, -0.1) is 0 Å². The van der Waals surface area contributed by atoms with Crippen LogP contribution in [0.3, 0.4) is 0 Å². The molecule has 0 unspecified atom stereocenters. The maximum absolute atomic E-state index is 6.30. The molecule has 2 N–H and O–H groups in total. The number of hydrogen-bond donors (Lipinski definition) is 1. The Morgan fingerprint density at radius 1 is 1.19 bits per heavy atom. The molecule has 2 aliphatic carbocycles. The molecule has 0 atom stereocenters. The smallest absolute Gasteiger partial charge is 0.0444 e. The van der Waals surface area contributed by atoms with Crippen LogP contribution in [0, 0.1) is 5.41 Å². The molecule has 86 valence electrons. The van der Waals surface area contributed by atoms with Gasteiger partial charge < -0.3 is 5.73 Å². The van der Waals surface area contributed by atoms with Gasteiger partial charge in [-0.1, -0.05) is 36.2 Å². The third kappa shape index (κ3) is 1.34. The van der Waals surface area contributed by atoms with Gasteiger partial charge in [0.05, 0.1) is 0 Å². The number of hydrogen-bond acceptors (Lipinski definition) is 1. The van der Waals surface area contributed by atoms with Crippen molar-refractivity contribution in [3.05, 3.63) is 34.9 Å². The second-order valence-corrected chi connectivity index (χ2v) is 6.08. The van der Waals surface area contributed by atoms with Crippen molar-refractivity contribution in [3.8, 4) is 0 Å². The van der Waals surface area contributed by atoms with Crippen molar-refractivity contribution in [2.24, 2.45) is 11.1 Å². The molecule has 1 spiro atoms. The van der Waals surface area contributed by atoms with E-state index in [-0.39, 0.29) is 5.41 Å². The van der Waals surface area contributed by atoms with Crippen LogP contribution in [-0.4, -0.2) is 6.54 Å². The van der Waals surface area contributed by atoms with E-state index in [1.807, 2.05) is 12.1 Å². The third-order valence-corrected chi connectivity index (χ3v) is 5.01. The molecule has 2 saturated carbocycles. The number of nitrogens with two attached hydrogens (primary N) is 1. The summed E-state index contributed by atoms with van der Waals surface area (Å²) in [5, 5.41) is 0.891. The fraction of sp³-hybridized carbons (Fsp3) is 0.571. The van der Waals surface area contributed by atoms with E-state index in [4.69, 9.17) is 17.3 Å². The number of rotatable bonds is 2. The Hall–Kier alpha value is -0.530. The summed E-state index contributed by atoms with van der Waals surface area (Å²) in [6.07, 6.45) is 6.71. The van der Waals surface area contributed by atoms with E-state index in [1.165, 1.54) is 37.7 Å². The van der Waals surface area contributed by atoms with Crippen LogP contribution < -0.4 is 5.73 Å². The lowest BCUT2D eigenvalue weighted by Crippen LogP contribution is -2.56. The van der Waals surface area contributed by atoms with E-state index in [2.05, 4.69) is 12.1 Å². The molecule has 1 aromatic carbocycles. The van der Waals surface area contributed by atoms with E-state index in [9.17, 15) is 0 Å². The van der Waals surface area contributed by atoms with Crippen molar-refractivity contribution in [2.75, 3.05) is 6.54 Å². The van der Waals surface area contributed by atoms with E-state index < -0.39 is 0 Å². The first-order valence-electron chi connectivity index (χ1n) is 6.15. The van der Waals surface area contributed by atoms with Crippen LogP contribution >= 0.6 is 11.6 Å². The SMILES string of the molecule is NCC1(c2ccccc2Cl)CC2(CCC2)C1. The summed E-state index contributed by atoms with van der Waals surface area (Å²) in [6.45, 7) is 0.735. The molecule has 0 aromatic heterocycles. The monoisotopic (exact) mass is 235 g/mol. The number of benzene rings is 1. The molecule has 0 radical (unpaired) electrons. The summed E-state index contributed by atoms with van der Waals surface area (Å²) in [4.78, 5) is 0. The van der Waals surface area contributed by atoms with Crippen molar-refractivity contribution < 1.29 is 0 Å². The first kappa shape index (κ1) is 10.6. The van der Waals surface area contributed by atoms with Gasteiger partial charge in [-0.2, -0.15) is 0 Å². The largest absolute Gasteiger partial charge is 0.330 e. The highest BCUT2D eigenvalue weighted by Gasteiger charge is 2.57. The zero-order chi connectivity index (χ0) is 11.2. The summed E-state index contributed by atoms with van der Waals surface area (Å²) in [6, 6.07) is 8.21. The zero-order valence-electron chi connectivity index (χ0n) is 9.51. The summed E-state index contributed by atoms with van der Waals surface area (Å²) < 4.78 is 0. The van der Waals surface area contributed by atoms with Crippen LogP contribution in [-0.2, 0) is 5.41 Å². The van der Waals surface area contributed by atoms with E-state index in [0.29, 0.717) is 5.41 Å². The Morgan fingerprint density at radius 2 is 1.88 bits per heavy atom. The maximum atomic E-state index is 6.30. The molecule has 0 bridgehead atoms. The molecule has 0 saturated heterocycles. The molecule has 0 heterocycles. The molecule has 0 aliphatic heterocycles. The number of halogens is 1. The van der Waals surface area contributed by atoms with Gasteiger partial charge in [-0.05, 0) is 42.7 Å². The van der Waals surface area contributed by atoms with Gasteiger partial charge in [-0.3, -0.25) is 0 Å². The summed E-state index contributed by atoms with van der Waals surface area (Å²) in [5.41, 5.74) is 8.10. The summed E-state index contributed by atoms with van der Waals surface area (Å²) in [5.74, 6) is 0. The second kappa shape index (κ2) is 3.48. The highest BCUT2D eigenvalue weighted by molar-refractivity contribution is 6.31. The minimum Gasteiger partial charge on any atom is -0.330 e. The Bertz CT molecular complexity index is 401. The quantitative estimate of drug-likeness (QED) is 0.834. The highest BCUT2D eigenvalue weighted by Crippen LogP contribution is 2.65. The molecule has 1 nitrogen and oxygen atoms in total. The molecule has 2 fully saturated rings. The molecule has 1 aromatic rings. The molecule has 2 heteroatoms. The van der Waals surface area contributed by atoms with Crippen LogP contribution in [0.4, 0.5) is 0 Å². The normalized spacial score (nSPS) is 24.9. The predicted octanol–water partition coefficient (Wildman–Crippen LogP) is 3.50. The molecule has 0 amide bonds. The van der Waals surface area contributed by atoms with Gasteiger partial charge in [0, 0.05) is 17.0 Å². The molecule has 2 aliphatic rings. The maximum Gasteiger partial charge on any atom is 0.0444 e. The topological polar surface area (TPSA) is 26.0 Å². The van der Waals surface area contributed by atoms with Gasteiger partial charge in [0.25, 0.3) is 0 Å². The lowest BCUT2D eigenvalue weighted by Gasteiger charge is -2.61. The zero-order valence-corrected chi connectivity index (χ0v) is 10.3. The van der Waals surface area contributed by atoms with E-state index in [0.717, 1.165) is 11.6 Å². The average Bonchev–Trinajstić information content (AvgIpc) is 2.17. The molecular weight excluding hydrogens is 218 g/mol. The fourth-order valence-corrected chi connectivity index (χ4v) is 4.09. The standard InChI is InChI=1S/C14H18ClN/c15-12-5-2-1-4-11(12)14(10-16)8-13(9-14)6-3-7-13/h1-2,4-5H,3,6-10,16H2. The van der Waals surface area contributed by atoms with Gasteiger partial charge in [0.1, 0.15) is 0 Å². The van der Waals surface area contributed by atoms with Gasteiger partial charge in [-0.25, -0.2) is 0 Å². The first-order valence-corrected chi connectivity index (χ1v) is 6.53. The summed E-state index contributed by atoms with van der Waals surface area (Å²) >= 11 is 6.30. The van der Waals surface area contributed by atoms with Gasteiger partial charge >= 0.3 is 0 Å². The predicted molar refractivity (Wildman–Crippen MR) is 67.7 cm³/mol. The Kier molecular flexibility index (Phi) is 2.31. The molecule has 3 rings (SSSR count).